The van der Waals surface area contributed by atoms with E-state index in [1.54, 1.807) is 12.7 Å². The normalized spacial score (nSPS) is 14.6. The summed E-state index contributed by atoms with van der Waals surface area (Å²) in [6.45, 7) is 6.99. The van der Waals surface area contributed by atoms with Gasteiger partial charge in [0.15, 0.2) is 0 Å². The molecule has 1 aliphatic rings. The van der Waals surface area contributed by atoms with E-state index in [9.17, 15) is 4.79 Å². The van der Waals surface area contributed by atoms with Gasteiger partial charge in [-0.3, -0.25) is 9.48 Å². The third-order valence-corrected chi connectivity index (χ3v) is 5.87. The predicted octanol–water partition coefficient (Wildman–Crippen LogP) is 4.10. The number of rotatable bonds is 7. The summed E-state index contributed by atoms with van der Waals surface area (Å²) in [7, 11) is 0. The number of aryl methyl sites for hydroxylation is 3. The highest BCUT2D eigenvalue weighted by molar-refractivity contribution is 6.07. The molecule has 7 nitrogen and oxygen atoms in total. The van der Waals surface area contributed by atoms with Crippen molar-refractivity contribution in [2.45, 2.75) is 46.1 Å². The van der Waals surface area contributed by atoms with Crippen molar-refractivity contribution in [1.82, 2.24) is 19.7 Å². The number of hydrogen-bond donors (Lipinski definition) is 1. The molecular formula is C24H30N6O. The first-order valence-electron chi connectivity index (χ1n) is 11.0. The number of nitrogens with zero attached hydrogens (tertiary/aromatic N) is 5. The summed E-state index contributed by atoms with van der Waals surface area (Å²) in [6.07, 6.45) is 7.50. The minimum Gasteiger partial charge on any atom is -0.356 e. The quantitative estimate of drug-likeness (QED) is 0.625. The van der Waals surface area contributed by atoms with Gasteiger partial charge in [0.25, 0.3) is 5.91 Å². The summed E-state index contributed by atoms with van der Waals surface area (Å²) < 4.78 is 1.84. The number of pyridine rings is 1. The molecule has 162 valence electrons. The van der Waals surface area contributed by atoms with Crippen LogP contribution in [-0.4, -0.2) is 38.7 Å². The molecule has 2 aromatic heterocycles. The van der Waals surface area contributed by atoms with Gasteiger partial charge >= 0.3 is 0 Å². The van der Waals surface area contributed by atoms with Gasteiger partial charge in [0.05, 0.1) is 5.56 Å². The summed E-state index contributed by atoms with van der Waals surface area (Å²) in [6, 6.07) is 11.9. The van der Waals surface area contributed by atoms with Crippen LogP contribution in [0.15, 0.2) is 49.1 Å². The van der Waals surface area contributed by atoms with Gasteiger partial charge in [-0.05, 0) is 68.4 Å². The number of piperidine rings is 1. The van der Waals surface area contributed by atoms with Gasteiger partial charge in [0, 0.05) is 31.0 Å². The smallest absolute Gasteiger partial charge is 0.259 e. The topological polar surface area (TPSA) is 75.9 Å². The molecule has 3 aromatic rings. The molecular weight excluding hydrogens is 388 g/mol. The van der Waals surface area contributed by atoms with Gasteiger partial charge in [0.1, 0.15) is 18.5 Å². The lowest BCUT2D eigenvalue weighted by Gasteiger charge is -2.32. The van der Waals surface area contributed by atoms with Crippen LogP contribution in [0.25, 0.3) is 0 Å². The summed E-state index contributed by atoms with van der Waals surface area (Å²) in [5, 5.41) is 7.17. The zero-order valence-corrected chi connectivity index (χ0v) is 18.3. The van der Waals surface area contributed by atoms with E-state index < -0.39 is 0 Å². The van der Waals surface area contributed by atoms with Crippen molar-refractivity contribution in [3.8, 4) is 0 Å². The Morgan fingerprint density at radius 1 is 1.13 bits per heavy atom. The average molecular weight is 419 g/mol. The number of anilines is 2. The van der Waals surface area contributed by atoms with Crippen LogP contribution >= 0.6 is 0 Å². The molecule has 1 fully saturated rings. The van der Waals surface area contributed by atoms with Gasteiger partial charge < -0.3 is 10.2 Å². The van der Waals surface area contributed by atoms with Crippen molar-refractivity contribution in [3.63, 3.8) is 0 Å². The van der Waals surface area contributed by atoms with E-state index >= 15 is 0 Å². The Labute approximate surface area is 183 Å². The molecule has 7 heteroatoms. The number of carbonyl (C=O) groups excluding carboxylic acids is 1. The van der Waals surface area contributed by atoms with Crippen molar-refractivity contribution >= 4 is 17.4 Å². The first-order valence-corrected chi connectivity index (χ1v) is 11.0. The summed E-state index contributed by atoms with van der Waals surface area (Å²) >= 11 is 0. The molecule has 0 aliphatic carbocycles. The van der Waals surface area contributed by atoms with Gasteiger partial charge in [-0.2, -0.15) is 5.10 Å². The number of aromatic nitrogens is 4. The molecule has 1 saturated heterocycles. The van der Waals surface area contributed by atoms with Crippen LogP contribution < -0.4 is 10.2 Å². The van der Waals surface area contributed by atoms with Gasteiger partial charge in [-0.25, -0.2) is 9.97 Å². The third-order valence-electron chi connectivity index (χ3n) is 5.87. The van der Waals surface area contributed by atoms with E-state index in [0.717, 1.165) is 68.4 Å². The number of nitrogens with one attached hydrogen (secondary N) is 1. The lowest BCUT2D eigenvalue weighted by Crippen LogP contribution is -2.35. The second kappa shape index (κ2) is 9.73. The highest BCUT2D eigenvalue weighted by Crippen LogP contribution is 2.26. The fraction of sp³-hybridized carbons (Fsp3) is 0.417. The fourth-order valence-electron chi connectivity index (χ4n) is 3.93. The van der Waals surface area contributed by atoms with Crippen LogP contribution in [0.2, 0.25) is 0 Å². The summed E-state index contributed by atoms with van der Waals surface area (Å²) in [5.74, 6) is 1.42. The molecule has 0 radical (unpaired) electrons. The summed E-state index contributed by atoms with van der Waals surface area (Å²) in [4.78, 5) is 24.0. The van der Waals surface area contributed by atoms with Crippen molar-refractivity contribution in [2.75, 3.05) is 23.3 Å². The molecule has 4 rings (SSSR count). The van der Waals surface area contributed by atoms with Crippen molar-refractivity contribution < 1.29 is 4.79 Å². The van der Waals surface area contributed by atoms with E-state index in [1.165, 1.54) is 5.56 Å². The zero-order valence-electron chi connectivity index (χ0n) is 18.3. The maximum atomic E-state index is 13.0. The van der Waals surface area contributed by atoms with Crippen LogP contribution in [0.1, 0.15) is 47.8 Å². The van der Waals surface area contributed by atoms with Crippen LogP contribution in [0.3, 0.4) is 0 Å². The van der Waals surface area contributed by atoms with Crippen molar-refractivity contribution in [3.05, 3.63) is 65.9 Å². The number of benzene rings is 1. The third kappa shape index (κ3) is 5.48. The Hall–Kier alpha value is -3.22. The molecule has 1 N–H and O–H groups in total. The molecule has 0 bridgehead atoms. The largest absolute Gasteiger partial charge is 0.356 e. The van der Waals surface area contributed by atoms with E-state index in [1.807, 2.05) is 35.9 Å². The van der Waals surface area contributed by atoms with E-state index in [0.29, 0.717) is 5.56 Å². The SMILES string of the molecule is Cc1ccc(C(=O)Nc2ccc(CCCn3cncn3)cc2)c(N2CCC(C)CC2)n1. The second-order valence-electron chi connectivity index (χ2n) is 8.41. The Bertz CT molecular complexity index is 991. The van der Waals surface area contributed by atoms with Crippen molar-refractivity contribution in [1.29, 1.82) is 0 Å². The van der Waals surface area contributed by atoms with E-state index in [2.05, 4.69) is 39.4 Å². The number of amides is 1. The Morgan fingerprint density at radius 3 is 2.61 bits per heavy atom. The standard InChI is InChI=1S/C24H30N6O/c1-18-11-14-29(15-12-18)23-22(10-5-19(2)27-23)24(31)28-21-8-6-20(7-9-21)4-3-13-30-17-25-16-26-30/h5-10,16-18H,3-4,11-15H2,1-2H3,(H,28,31). The van der Waals surface area contributed by atoms with E-state index in [4.69, 9.17) is 4.98 Å². The Balaban J connectivity index is 1.39. The molecule has 0 unspecified atom stereocenters. The monoisotopic (exact) mass is 418 g/mol. The minimum atomic E-state index is -0.111. The average Bonchev–Trinajstić information content (AvgIpc) is 3.29. The van der Waals surface area contributed by atoms with Crippen molar-refractivity contribution in [2.24, 2.45) is 5.92 Å². The van der Waals surface area contributed by atoms with E-state index in [-0.39, 0.29) is 5.91 Å². The Kier molecular flexibility index (Phi) is 6.60. The molecule has 1 aromatic carbocycles. The van der Waals surface area contributed by atoms with Gasteiger partial charge in [-0.1, -0.05) is 19.1 Å². The van der Waals surface area contributed by atoms with Crippen LogP contribution in [0.4, 0.5) is 11.5 Å². The first-order chi connectivity index (χ1) is 15.1. The predicted molar refractivity (Wildman–Crippen MR) is 122 cm³/mol. The minimum absolute atomic E-state index is 0.111. The second-order valence-corrected chi connectivity index (χ2v) is 8.41. The molecule has 1 amide bonds. The van der Waals surface area contributed by atoms with Crippen LogP contribution in [0, 0.1) is 12.8 Å². The molecule has 3 heterocycles. The molecule has 0 spiro atoms. The van der Waals surface area contributed by atoms with Crippen LogP contribution in [-0.2, 0) is 13.0 Å². The molecule has 0 atom stereocenters. The van der Waals surface area contributed by atoms with Gasteiger partial charge in [0.2, 0.25) is 0 Å². The van der Waals surface area contributed by atoms with Gasteiger partial charge in [-0.15, -0.1) is 0 Å². The first kappa shape index (κ1) is 21.0. The Morgan fingerprint density at radius 2 is 1.90 bits per heavy atom. The summed E-state index contributed by atoms with van der Waals surface area (Å²) in [5.41, 5.74) is 3.60. The molecule has 31 heavy (non-hydrogen) atoms. The fourth-order valence-corrected chi connectivity index (χ4v) is 3.93. The van der Waals surface area contributed by atoms with Crippen LogP contribution in [0.5, 0.6) is 0 Å². The number of carbonyl (C=O) groups is 1. The molecule has 0 saturated carbocycles. The number of hydrogen-bond acceptors (Lipinski definition) is 5. The zero-order chi connectivity index (χ0) is 21.6. The highest BCUT2D eigenvalue weighted by atomic mass is 16.1. The maximum Gasteiger partial charge on any atom is 0.259 e. The lowest BCUT2D eigenvalue weighted by atomic mass is 9.99. The lowest BCUT2D eigenvalue weighted by molar-refractivity contribution is 0.102. The highest BCUT2D eigenvalue weighted by Gasteiger charge is 2.22. The maximum absolute atomic E-state index is 13.0. The molecule has 1 aliphatic heterocycles.